The van der Waals surface area contributed by atoms with Crippen molar-refractivity contribution >= 4 is 5.69 Å². The summed E-state index contributed by atoms with van der Waals surface area (Å²) in [4.78, 5) is 0. The van der Waals surface area contributed by atoms with Gasteiger partial charge in [-0.2, -0.15) is 5.10 Å². The molecule has 19 heavy (non-hydrogen) atoms. The van der Waals surface area contributed by atoms with Crippen LogP contribution in [0.3, 0.4) is 0 Å². The summed E-state index contributed by atoms with van der Waals surface area (Å²) in [6, 6.07) is 9.95. The highest BCUT2D eigenvalue weighted by atomic mass is 15.4. The molecule has 0 aliphatic heterocycles. The highest BCUT2D eigenvalue weighted by Crippen LogP contribution is 2.19. The number of para-hydroxylation sites is 2. The lowest BCUT2D eigenvalue weighted by Crippen LogP contribution is -2.08. The zero-order chi connectivity index (χ0) is 13.1. The van der Waals surface area contributed by atoms with E-state index in [9.17, 15) is 0 Å². The minimum atomic E-state index is 0.668. The summed E-state index contributed by atoms with van der Waals surface area (Å²) >= 11 is 0. The van der Waals surface area contributed by atoms with Gasteiger partial charge in [0.1, 0.15) is 0 Å². The molecule has 2 aromatic heterocycles. The van der Waals surface area contributed by atoms with Crippen LogP contribution in [-0.2, 0) is 13.6 Å². The van der Waals surface area contributed by atoms with Gasteiger partial charge in [0, 0.05) is 19.4 Å². The van der Waals surface area contributed by atoms with Gasteiger partial charge in [0.15, 0.2) is 0 Å². The van der Waals surface area contributed by atoms with Crippen molar-refractivity contribution in [1.82, 2.24) is 24.8 Å². The lowest BCUT2D eigenvalue weighted by atomic mass is 10.2. The molecule has 0 saturated carbocycles. The maximum absolute atomic E-state index is 4.26. The Bertz CT molecular complexity index is 655. The van der Waals surface area contributed by atoms with Crippen LogP contribution >= 0.6 is 0 Å². The largest absolute Gasteiger partial charge is 0.378 e. The third-order valence-corrected chi connectivity index (χ3v) is 2.92. The van der Waals surface area contributed by atoms with Gasteiger partial charge < -0.3 is 5.32 Å². The number of hydrogen-bond acceptors (Lipinski definition) is 4. The van der Waals surface area contributed by atoms with Crippen molar-refractivity contribution in [2.45, 2.75) is 6.54 Å². The molecular formula is C13H14N6. The molecule has 0 atom stereocenters. The number of aromatic nitrogens is 5. The summed E-state index contributed by atoms with van der Waals surface area (Å²) in [6.07, 6.45) is 5.44. The van der Waals surface area contributed by atoms with Crippen molar-refractivity contribution in [1.29, 1.82) is 0 Å². The van der Waals surface area contributed by atoms with E-state index < -0.39 is 0 Å². The van der Waals surface area contributed by atoms with Crippen molar-refractivity contribution in [3.63, 3.8) is 0 Å². The Kier molecular flexibility index (Phi) is 2.97. The van der Waals surface area contributed by atoms with Gasteiger partial charge in [0.05, 0.1) is 29.8 Å². The monoisotopic (exact) mass is 254 g/mol. The average Bonchev–Trinajstić information content (AvgIpc) is 3.08. The van der Waals surface area contributed by atoms with E-state index in [1.165, 1.54) is 0 Å². The maximum atomic E-state index is 4.26. The molecule has 3 rings (SSSR count). The summed E-state index contributed by atoms with van der Waals surface area (Å²) in [5.74, 6) is 0. The third kappa shape index (κ3) is 2.33. The number of benzene rings is 1. The fraction of sp³-hybridized carbons (Fsp3) is 0.154. The molecule has 0 saturated heterocycles. The molecule has 6 heteroatoms. The Labute approximate surface area is 110 Å². The molecule has 96 valence electrons. The van der Waals surface area contributed by atoms with Gasteiger partial charge in [-0.25, -0.2) is 4.68 Å². The Morgan fingerprint density at radius 1 is 1.21 bits per heavy atom. The Morgan fingerprint density at radius 2 is 2.11 bits per heavy atom. The van der Waals surface area contributed by atoms with Gasteiger partial charge in [-0.3, -0.25) is 4.68 Å². The lowest BCUT2D eigenvalue weighted by Gasteiger charge is -2.11. The summed E-state index contributed by atoms with van der Waals surface area (Å²) in [7, 11) is 1.88. The fourth-order valence-electron chi connectivity index (χ4n) is 1.89. The number of nitrogens with zero attached hydrogens (tertiary/aromatic N) is 5. The maximum Gasteiger partial charge on any atom is 0.0876 e. The van der Waals surface area contributed by atoms with Crippen molar-refractivity contribution in [3.8, 4) is 5.69 Å². The SMILES string of the molecule is Cn1nncc1CNc1ccccc1-n1cccn1. The van der Waals surface area contributed by atoms with Gasteiger partial charge in [-0.15, -0.1) is 5.10 Å². The molecule has 0 amide bonds. The topological polar surface area (TPSA) is 60.6 Å². The quantitative estimate of drug-likeness (QED) is 0.768. The van der Waals surface area contributed by atoms with Gasteiger partial charge in [0.25, 0.3) is 0 Å². The fourth-order valence-corrected chi connectivity index (χ4v) is 1.89. The molecule has 0 aliphatic rings. The minimum Gasteiger partial charge on any atom is -0.378 e. The molecule has 1 aromatic carbocycles. The predicted octanol–water partition coefficient (Wildman–Crippen LogP) is 1.61. The summed E-state index contributed by atoms with van der Waals surface area (Å²) in [6.45, 7) is 0.668. The van der Waals surface area contributed by atoms with Crippen LogP contribution in [0.25, 0.3) is 5.69 Å². The van der Waals surface area contributed by atoms with Crippen LogP contribution in [-0.4, -0.2) is 24.8 Å². The molecule has 6 nitrogen and oxygen atoms in total. The zero-order valence-electron chi connectivity index (χ0n) is 10.6. The number of rotatable bonds is 4. The van der Waals surface area contributed by atoms with Crippen LogP contribution in [0.5, 0.6) is 0 Å². The van der Waals surface area contributed by atoms with E-state index in [2.05, 4.69) is 20.7 Å². The molecule has 0 spiro atoms. The normalized spacial score (nSPS) is 10.6. The number of anilines is 1. The first-order valence-electron chi connectivity index (χ1n) is 6.01. The molecule has 2 heterocycles. The van der Waals surface area contributed by atoms with Crippen LogP contribution in [0, 0.1) is 0 Å². The van der Waals surface area contributed by atoms with Crippen molar-refractivity contribution in [3.05, 3.63) is 54.6 Å². The molecule has 0 aliphatic carbocycles. The second kappa shape index (κ2) is 4.93. The molecule has 0 fully saturated rings. The smallest absolute Gasteiger partial charge is 0.0876 e. The second-order valence-electron chi connectivity index (χ2n) is 4.17. The van der Waals surface area contributed by atoms with Crippen molar-refractivity contribution < 1.29 is 0 Å². The number of hydrogen-bond donors (Lipinski definition) is 1. The van der Waals surface area contributed by atoms with Crippen LogP contribution in [0.4, 0.5) is 5.69 Å². The van der Waals surface area contributed by atoms with Crippen molar-refractivity contribution in [2.24, 2.45) is 7.05 Å². The highest BCUT2D eigenvalue weighted by molar-refractivity contribution is 5.60. The lowest BCUT2D eigenvalue weighted by molar-refractivity contribution is 0.683. The number of aryl methyl sites for hydroxylation is 1. The van der Waals surface area contributed by atoms with E-state index >= 15 is 0 Å². The molecule has 0 bridgehead atoms. The van der Waals surface area contributed by atoms with E-state index in [0.29, 0.717) is 6.54 Å². The predicted molar refractivity (Wildman–Crippen MR) is 71.9 cm³/mol. The van der Waals surface area contributed by atoms with Gasteiger partial charge >= 0.3 is 0 Å². The third-order valence-electron chi connectivity index (χ3n) is 2.92. The van der Waals surface area contributed by atoms with Gasteiger partial charge in [-0.05, 0) is 18.2 Å². The summed E-state index contributed by atoms with van der Waals surface area (Å²) < 4.78 is 3.59. The second-order valence-corrected chi connectivity index (χ2v) is 4.17. The Morgan fingerprint density at radius 3 is 2.84 bits per heavy atom. The summed E-state index contributed by atoms with van der Waals surface area (Å²) in [5.41, 5.74) is 3.06. The first-order chi connectivity index (χ1) is 9.34. The molecule has 0 radical (unpaired) electrons. The van der Waals surface area contributed by atoms with Crippen LogP contribution in [0.15, 0.2) is 48.9 Å². The van der Waals surface area contributed by atoms with Gasteiger partial charge in [0.2, 0.25) is 0 Å². The standard InChI is InChI=1S/C13H14N6/c1-18-11(10-15-17-18)9-14-12-5-2-3-6-13(12)19-8-4-7-16-19/h2-8,10,14H,9H2,1H3. The van der Waals surface area contributed by atoms with Crippen LogP contribution in [0.1, 0.15) is 5.69 Å². The minimum absolute atomic E-state index is 0.668. The van der Waals surface area contributed by atoms with Crippen LogP contribution in [0.2, 0.25) is 0 Å². The molecular weight excluding hydrogens is 240 g/mol. The number of nitrogens with one attached hydrogen (secondary N) is 1. The Hall–Kier alpha value is -2.63. The first-order valence-corrected chi connectivity index (χ1v) is 6.01. The summed E-state index contributed by atoms with van der Waals surface area (Å²) in [5, 5.41) is 15.4. The molecule has 3 aromatic rings. The van der Waals surface area contributed by atoms with Gasteiger partial charge in [-0.1, -0.05) is 17.3 Å². The van der Waals surface area contributed by atoms with E-state index in [-0.39, 0.29) is 0 Å². The van der Waals surface area contributed by atoms with E-state index in [0.717, 1.165) is 17.1 Å². The van der Waals surface area contributed by atoms with Crippen LogP contribution < -0.4 is 5.32 Å². The first kappa shape index (κ1) is 11.5. The highest BCUT2D eigenvalue weighted by Gasteiger charge is 2.05. The Balaban J connectivity index is 1.84. The molecule has 0 unspecified atom stereocenters. The van der Waals surface area contributed by atoms with E-state index in [4.69, 9.17) is 0 Å². The van der Waals surface area contributed by atoms with E-state index in [1.807, 2.05) is 48.3 Å². The average molecular weight is 254 g/mol. The van der Waals surface area contributed by atoms with E-state index in [1.54, 1.807) is 17.1 Å². The van der Waals surface area contributed by atoms with Crippen molar-refractivity contribution in [2.75, 3.05) is 5.32 Å². The molecule has 1 N–H and O–H groups in total. The zero-order valence-corrected chi connectivity index (χ0v) is 10.6.